The molecule has 1 N–H and O–H groups in total. The number of aryl methyl sites for hydroxylation is 1. The van der Waals surface area contributed by atoms with Gasteiger partial charge in [-0.05, 0) is 24.3 Å². The number of aromatic nitrogens is 2. The van der Waals surface area contributed by atoms with Crippen LogP contribution in [-0.4, -0.2) is 28.3 Å². The fourth-order valence-electron chi connectivity index (χ4n) is 2.69. The Morgan fingerprint density at radius 3 is 2.50 bits per heavy atom. The van der Waals surface area contributed by atoms with Gasteiger partial charge in [-0.15, -0.1) is 0 Å². The van der Waals surface area contributed by atoms with Gasteiger partial charge in [0.05, 0.1) is 17.6 Å². The van der Waals surface area contributed by atoms with Crippen molar-refractivity contribution in [2.75, 3.05) is 18.5 Å². The van der Waals surface area contributed by atoms with Crippen LogP contribution in [0.5, 0.6) is 0 Å². The lowest BCUT2D eigenvalue weighted by molar-refractivity contribution is 0.404. The summed E-state index contributed by atoms with van der Waals surface area (Å²) in [7, 11) is 3.71. The molecule has 5 heteroatoms. The minimum Gasteiger partial charge on any atom is -0.509 e. The lowest BCUT2D eigenvalue weighted by Crippen LogP contribution is -2.21. The van der Waals surface area contributed by atoms with E-state index in [-0.39, 0.29) is 17.9 Å². The summed E-state index contributed by atoms with van der Waals surface area (Å²) in [6, 6.07) is 19.5. The molecule has 120 valence electrons. The summed E-state index contributed by atoms with van der Waals surface area (Å²) in [5, 5.41) is 20.0. The second-order valence-corrected chi connectivity index (χ2v) is 5.61. The Hall–Kier alpha value is -3.26. The first-order chi connectivity index (χ1) is 11.6. The van der Waals surface area contributed by atoms with Gasteiger partial charge in [-0.3, -0.25) is 0 Å². The van der Waals surface area contributed by atoms with Crippen LogP contribution >= 0.6 is 0 Å². The molecule has 1 heterocycles. The predicted molar refractivity (Wildman–Crippen MR) is 95.6 cm³/mol. The van der Waals surface area contributed by atoms with Gasteiger partial charge in [-0.1, -0.05) is 30.3 Å². The molecule has 1 aromatic heterocycles. The average molecular weight is 318 g/mol. The van der Waals surface area contributed by atoms with Crippen LogP contribution in [0.3, 0.4) is 0 Å². The molecule has 0 saturated carbocycles. The number of imidazole rings is 1. The van der Waals surface area contributed by atoms with E-state index in [4.69, 9.17) is 0 Å². The van der Waals surface area contributed by atoms with E-state index in [1.165, 1.54) is 0 Å². The van der Waals surface area contributed by atoms with Crippen molar-refractivity contribution >= 4 is 22.3 Å². The third kappa shape index (κ3) is 2.82. The number of hydrogen-bond donors (Lipinski definition) is 1. The van der Waals surface area contributed by atoms with Crippen LogP contribution in [0.15, 0.2) is 60.4 Å². The molecule has 0 saturated heterocycles. The molecule has 0 aliphatic carbocycles. The molecule has 3 rings (SSSR count). The molecule has 0 spiro atoms. The minimum absolute atomic E-state index is 0.00209. The Morgan fingerprint density at radius 2 is 1.83 bits per heavy atom. The largest absolute Gasteiger partial charge is 0.509 e. The number of hydrogen-bond acceptors (Lipinski definition) is 4. The molecule has 0 atom stereocenters. The van der Waals surface area contributed by atoms with Gasteiger partial charge in [0, 0.05) is 19.8 Å². The molecule has 0 bridgehead atoms. The number of aliphatic hydroxyl groups is 1. The first kappa shape index (κ1) is 15.6. The number of anilines is 1. The number of likely N-dealkylation sites (N-methyl/N-ethyl adjacent to an activating group) is 1. The second kappa shape index (κ2) is 6.47. The number of aliphatic hydroxyl groups excluding tert-OH is 1. The van der Waals surface area contributed by atoms with Crippen LogP contribution in [0.4, 0.5) is 5.69 Å². The van der Waals surface area contributed by atoms with Gasteiger partial charge in [-0.2, -0.15) is 5.26 Å². The van der Waals surface area contributed by atoms with Crippen molar-refractivity contribution in [2.24, 2.45) is 7.05 Å². The van der Waals surface area contributed by atoms with Gasteiger partial charge in [0.1, 0.15) is 17.4 Å². The fourth-order valence-corrected chi connectivity index (χ4v) is 2.69. The Labute approximate surface area is 140 Å². The van der Waals surface area contributed by atoms with Crippen molar-refractivity contribution < 1.29 is 5.11 Å². The molecule has 0 fully saturated rings. The number of nitrogens with zero attached hydrogens (tertiary/aromatic N) is 4. The number of benzene rings is 2. The predicted octanol–water partition coefficient (Wildman–Crippen LogP) is 3.50. The number of nitriles is 1. The molecule has 3 aromatic rings. The van der Waals surface area contributed by atoms with Crippen LogP contribution in [0.1, 0.15) is 5.82 Å². The summed E-state index contributed by atoms with van der Waals surface area (Å²) < 4.78 is 1.83. The number of para-hydroxylation sites is 3. The Morgan fingerprint density at radius 1 is 1.17 bits per heavy atom. The normalized spacial score (nSPS) is 11.9. The molecule has 5 nitrogen and oxygen atoms in total. The molecule has 0 aliphatic rings. The Kier molecular flexibility index (Phi) is 4.21. The summed E-state index contributed by atoms with van der Waals surface area (Å²) in [6.07, 6.45) is 0. The molecule has 0 amide bonds. The molecule has 2 aromatic carbocycles. The monoisotopic (exact) mass is 318 g/mol. The van der Waals surface area contributed by atoms with Crippen molar-refractivity contribution in [3.05, 3.63) is 66.2 Å². The molecule has 0 unspecified atom stereocenters. The molecule has 0 radical (unpaired) electrons. The highest BCUT2D eigenvalue weighted by Gasteiger charge is 2.17. The van der Waals surface area contributed by atoms with E-state index >= 15 is 0 Å². The van der Waals surface area contributed by atoms with Gasteiger partial charge in [0.25, 0.3) is 0 Å². The maximum absolute atomic E-state index is 10.5. The van der Waals surface area contributed by atoms with Gasteiger partial charge in [0.2, 0.25) is 0 Å². The Balaban J connectivity index is 1.98. The SMILES string of the molecule is CN(C/C(O)=C(\C#N)c1nc2ccccc2n1C)c1ccccc1. The standard InChI is InChI=1S/C19H18N4O/c1-22(14-8-4-3-5-9-14)13-18(24)15(12-20)19-21-16-10-6-7-11-17(16)23(19)2/h3-11,24H,13H2,1-2H3/b18-15-. The van der Waals surface area contributed by atoms with E-state index in [1.807, 2.05) is 78.2 Å². The van der Waals surface area contributed by atoms with E-state index in [9.17, 15) is 10.4 Å². The second-order valence-electron chi connectivity index (χ2n) is 5.61. The zero-order valence-electron chi connectivity index (χ0n) is 13.6. The zero-order chi connectivity index (χ0) is 17.1. The number of rotatable bonds is 4. The first-order valence-electron chi connectivity index (χ1n) is 7.62. The summed E-state index contributed by atoms with van der Waals surface area (Å²) in [5.74, 6) is 0.472. The van der Waals surface area contributed by atoms with E-state index in [0.717, 1.165) is 16.7 Å². The summed E-state index contributed by atoms with van der Waals surface area (Å²) in [6.45, 7) is 0.232. The van der Waals surface area contributed by atoms with E-state index in [0.29, 0.717) is 5.82 Å². The van der Waals surface area contributed by atoms with Crippen LogP contribution in [-0.2, 0) is 7.05 Å². The quantitative estimate of drug-likeness (QED) is 0.590. The van der Waals surface area contributed by atoms with E-state index in [1.54, 1.807) is 0 Å². The zero-order valence-corrected chi connectivity index (χ0v) is 13.6. The fraction of sp³-hybridized carbons (Fsp3) is 0.158. The van der Waals surface area contributed by atoms with Crippen molar-refractivity contribution in [3.8, 4) is 6.07 Å². The molecular formula is C19H18N4O. The maximum atomic E-state index is 10.5. The van der Waals surface area contributed by atoms with Crippen LogP contribution in [0.2, 0.25) is 0 Å². The summed E-state index contributed by atoms with van der Waals surface area (Å²) in [4.78, 5) is 6.37. The Bertz CT molecular complexity index is 935. The smallest absolute Gasteiger partial charge is 0.155 e. The van der Waals surface area contributed by atoms with Gasteiger partial charge < -0.3 is 14.6 Å². The lowest BCUT2D eigenvalue weighted by atomic mass is 10.2. The summed E-state index contributed by atoms with van der Waals surface area (Å²) >= 11 is 0. The molecular weight excluding hydrogens is 300 g/mol. The van der Waals surface area contributed by atoms with Crippen molar-refractivity contribution in [1.82, 2.24) is 9.55 Å². The van der Waals surface area contributed by atoms with Gasteiger partial charge >= 0.3 is 0 Å². The van der Waals surface area contributed by atoms with Crippen molar-refractivity contribution in [1.29, 1.82) is 5.26 Å². The van der Waals surface area contributed by atoms with Gasteiger partial charge in [0.15, 0.2) is 5.82 Å². The third-order valence-corrected chi connectivity index (χ3v) is 4.00. The van der Waals surface area contributed by atoms with Gasteiger partial charge in [-0.25, -0.2) is 4.98 Å². The molecule has 0 aliphatic heterocycles. The third-order valence-electron chi connectivity index (χ3n) is 4.00. The van der Waals surface area contributed by atoms with E-state index < -0.39 is 0 Å². The van der Waals surface area contributed by atoms with Crippen molar-refractivity contribution in [2.45, 2.75) is 0 Å². The first-order valence-corrected chi connectivity index (χ1v) is 7.62. The highest BCUT2D eigenvalue weighted by molar-refractivity contribution is 5.84. The average Bonchev–Trinajstić information content (AvgIpc) is 2.93. The highest BCUT2D eigenvalue weighted by Crippen LogP contribution is 2.23. The van der Waals surface area contributed by atoms with Crippen molar-refractivity contribution in [3.63, 3.8) is 0 Å². The lowest BCUT2D eigenvalue weighted by Gasteiger charge is -2.19. The van der Waals surface area contributed by atoms with Crippen LogP contribution in [0.25, 0.3) is 16.6 Å². The highest BCUT2D eigenvalue weighted by atomic mass is 16.3. The number of fused-ring (bicyclic) bond motifs is 1. The van der Waals surface area contributed by atoms with Crippen LogP contribution in [0, 0.1) is 11.3 Å². The van der Waals surface area contributed by atoms with E-state index in [2.05, 4.69) is 11.1 Å². The maximum Gasteiger partial charge on any atom is 0.155 e. The summed E-state index contributed by atoms with van der Waals surface area (Å²) in [5.41, 5.74) is 2.87. The molecule has 24 heavy (non-hydrogen) atoms. The number of allylic oxidation sites excluding steroid dienone is 1. The topological polar surface area (TPSA) is 65.1 Å². The van der Waals surface area contributed by atoms with Crippen LogP contribution < -0.4 is 4.90 Å². The minimum atomic E-state index is 0.00209.